The van der Waals surface area contributed by atoms with Gasteiger partial charge in [0.1, 0.15) is 11.3 Å². The number of benzene rings is 2. The van der Waals surface area contributed by atoms with Gasteiger partial charge in [-0.3, -0.25) is 4.79 Å². The quantitative estimate of drug-likeness (QED) is 0.662. The van der Waals surface area contributed by atoms with Crippen LogP contribution in [0.4, 0.5) is 0 Å². The molecule has 1 N–H and O–H groups in total. The van der Waals surface area contributed by atoms with Gasteiger partial charge in [-0.15, -0.1) is 0 Å². The highest BCUT2D eigenvalue weighted by Crippen LogP contribution is 2.55. The Morgan fingerprint density at radius 1 is 1.15 bits per heavy atom. The van der Waals surface area contributed by atoms with E-state index in [0.717, 1.165) is 30.6 Å². The molecule has 1 fully saturated rings. The maximum atomic E-state index is 13.2. The third kappa shape index (κ3) is 3.27. The largest absolute Gasteiger partial charge is 0.478 e. The molecule has 1 heterocycles. The topological polar surface area (TPSA) is 67.5 Å². The zero-order chi connectivity index (χ0) is 19.0. The monoisotopic (exact) mass is 362 g/mol. The Bertz CT molecular complexity index is 1050. The van der Waals surface area contributed by atoms with Gasteiger partial charge < -0.3 is 9.52 Å². The van der Waals surface area contributed by atoms with E-state index in [1.165, 1.54) is 17.7 Å². The Labute approximate surface area is 157 Å². The highest BCUT2D eigenvalue weighted by Gasteiger charge is 2.43. The van der Waals surface area contributed by atoms with Gasteiger partial charge in [-0.2, -0.15) is 0 Å². The number of unbranched alkanes of at least 4 members (excludes halogenated alkanes) is 1. The second-order valence-corrected chi connectivity index (χ2v) is 7.25. The molecule has 2 atom stereocenters. The molecule has 0 bridgehead atoms. The van der Waals surface area contributed by atoms with Crippen molar-refractivity contribution in [1.82, 2.24) is 0 Å². The fraction of sp³-hybridized carbons (Fsp3) is 0.304. The second-order valence-electron chi connectivity index (χ2n) is 7.25. The number of carboxylic acids is 1. The van der Waals surface area contributed by atoms with Gasteiger partial charge in [-0.25, -0.2) is 4.79 Å². The average Bonchev–Trinajstić information content (AvgIpc) is 3.48. The lowest BCUT2D eigenvalue weighted by molar-refractivity contribution is 0.0697. The molecule has 4 nitrogen and oxygen atoms in total. The lowest BCUT2D eigenvalue weighted by Crippen LogP contribution is -2.13. The first-order valence-corrected chi connectivity index (χ1v) is 9.48. The first-order valence-electron chi connectivity index (χ1n) is 9.48. The van der Waals surface area contributed by atoms with E-state index < -0.39 is 5.97 Å². The van der Waals surface area contributed by atoms with Crippen molar-refractivity contribution in [2.45, 2.75) is 44.4 Å². The maximum Gasteiger partial charge on any atom is 0.335 e. The van der Waals surface area contributed by atoms with E-state index >= 15 is 0 Å². The van der Waals surface area contributed by atoms with Gasteiger partial charge in [-0.1, -0.05) is 43.7 Å². The van der Waals surface area contributed by atoms with Gasteiger partial charge in [0.2, 0.25) is 0 Å². The highest BCUT2D eigenvalue weighted by atomic mass is 16.4. The van der Waals surface area contributed by atoms with Crippen LogP contribution >= 0.6 is 0 Å². The minimum Gasteiger partial charge on any atom is -0.478 e. The van der Waals surface area contributed by atoms with E-state index in [4.69, 9.17) is 4.42 Å². The van der Waals surface area contributed by atoms with Crippen LogP contribution in [0.2, 0.25) is 0 Å². The summed E-state index contributed by atoms with van der Waals surface area (Å²) in [5.74, 6) is 0.348. The molecule has 4 heteroatoms. The normalized spacial score (nSPS) is 18.6. The smallest absolute Gasteiger partial charge is 0.335 e. The summed E-state index contributed by atoms with van der Waals surface area (Å²) < 4.78 is 6.19. The van der Waals surface area contributed by atoms with Crippen molar-refractivity contribution in [1.29, 1.82) is 0 Å². The molecule has 0 amide bonds. The molecular formula is C23H22O4. The van der Waals surface area contributed by atoms with E-state index in [1.54, 1.807) is 6.07 Å². The van der Waals surface area contributed by atoms with Gasteiger partial charge in [0.15, 0.2) is 5.43 Å². The van der Waals surface area contributed by atoms with Crippen LogP contribution in [-0.2, 0) is 6.42 Å². The van der Waals surface area contributed by atoms with E-state index in [1.807, 2.05) is 18.2 Å². The first-order chi connectivity index (χ1) is 13.1. The molecule has 2 aromatic carbocycles. The predicted octanol–water partition coefficient (Wildman–Crippen LogP) is 5.10. The fourth-order valence-corrected chi connectivity index (χ4v) is 3.83. The third-order valence-corrected chi connectivity index (χ3v) is 5.40. The molecule has 4 rings (SSSR count). The summed E-state index contributed by atoms with van der Waals surface area (Å²) in [6.07, 6.45) is 3.54. The van der Waals surface area contributed by atoms with Gasteiger partial charge in [0.05, 0.1) is 10.9 Å². The van der Waals surface area contributed by atoms with Crippen LogP contribution in [-0.4, -0.2) is 11.1 Å². The molecule has 0 aliphatic heterocycles. The van der Waals surface area contributed by atoms with Gasteiger partial charge in [0, 0.05) is 11.5 Å². The number of fused-ring (bicyclic) bond motifs is 1. The molecule has 1 aromatic heterocycles. The molecule has 0 radical (unpaired) electrons. The van der Waals surface area contributed by atoms with Crippen molar-refractivity contribution in [3.8, 4) is 0 Å². The van der Waals surface area contributed by atoms with Gasteiger partial charge in [0.25, 0.3) is 0 Å². The molecule has 3 aromatic rings. The third-order valence-electron chi connectivity index (χ3n) is 5.40. The van der Waals surface area contributed by atoms with Crippen LogP contribution < -0.4 is 5.43 Å². The van der Waals surface area contributed by atoms with Crippen LogP contribution in [0.5, 0.6) is 0 Å². The Kier molecular flexibility index (Phi) is 4.56. The molecule has 138 valence electrons. The van der Waals surface area contributed by atoms with E-state index in [9.17, 15) is 14.7 Å². The van der Waals surface area contributed by atoms with Crippen molar-refractivity contribution in [3.05, 3.63) is 81.2 Å². The molecule has 1 saturated carbocycles. The minimum atomic E-state index is -1.04. The molecular weight excluding hydrogens is 340 g/mol. The van der Waals surface area contributed by atoms with Crippen molar-refractivity contribution < 1.29 is 14.3 Å². The van der Waals surface area contributed by atoms with Crippen LogP contribution in [0.25, 0.3) is 11.0 Å². The van der Waals surface area contributed by atoms with Crippen LogP contribution in [0.1, 0.15) is 65.3 Å². The molecule has 0 saturated heterocycles. The number of carboxylic acid groups (broad SMARTS) is 1. The summed E-state index contributed by atoms with van der Waals surface area (Å²) in [4.78, 5) is 24.4. The van der Waals surface area contributed by atoms with Crippen molar-refractivity contribution in [2.75, 3.05) is 0 Å². The van der Waals surface area contributed by atoms with E-state index in [2.05, 4.69) is 19.1 Å². The number of rotatable bonds is 6. The van der Waals surface area contributed by atoms with Crippen LogP contribution in [0.15, 0.2) is 57.7 Å². The summed E-state index contributed by atoms with van der Waals surface area (Å²) >= 11 is 0. The number of hydrogen-bond donors (Lipinski definition) is 1. The van der Waals surface area contributed by atoms with Crippen molar-refractivity contribution >= 4 is 16.9 Å². The maximum absolute atomic E-state index is 13.2. The average molecular weight is 362 g/mol. The minimum absolute atomic E-state index is 0.0819. The Morgan fingerprint density at radius 2 is 1.93 bits per heavy atom. The first kappa shape index (κ1) is 17.5. The zero-order valence-corrected chi connectivity index (χ0v) is 15.3. The Morgan fingerprint density at radius 3 is 2.63 bits per heavy atom. The van der Waals surface area contributed by atoms with E-state index in [-0.39, 0.29) is 16.9 Å². The summed E-state index contributed by atoms with van der Waals surface area (Å²) in [5, 5.41) is 9.59. The second kappa shape index (κ2) is 7.03. The van der Waals surface area contributed by atoms with Crippen LogP contribution in [0, 0.1) is 0 Å². The lowest BCUT2D eigenvalue weighted by Gasteiger charge is -2.10. The highest BCUT2D eigenvalue weighted by molar-refractivity contribution is 5.92. The van der Waals surface area contributed by atoms with E-state index in [0.29, 0.717) is 23.3 Å². The summed E-state index contributed by atoms with van der Waals surface area (Å²) in [6, 6.07) is 14.8. The Balaban J connectivity index is 1.81. The molecule has 1 aliphatic rings. The molecule has 1 aliphatic carbocycles. The lowest BCUT2D eigenvalue weighted by atomic mass is 9.99. The van der Waals surface area contributed by atoms with Gasteiger partial charge in [-0.05, 0) is 48.9 Å². The number of carbonyl (C=O) groups is 1. The number of hydrogen-bond acceptors (Lipinski definition) is 3. The summed E-state index contributed by atoms with van der Waals surface area (Å²) in [5.41, 5.74) is 2.49. The Hall–Kier alpha value is -2.88. The standard InChI is InChI=1S/C23H22O4/c1-2-3-9-16-21(24)19-12-15(23(25)26)10-11-20(19)27-22(16)18-13-17(18)14-7-5-4-6-8-14/h4-8,10-12,17-18H,2-3,9,13H2,1H3,(H,25,26). The summed E-state index contributed by atoms with van der Waals surface area (Å²) in [7, 11) is 0. The van der Waals surface area contributed by atoms with Crippen molar-refractivity contribution in [3.63, 3.8) is 0 Å². The number of aromatic carboxylic acids is 1. The van der Waals surface area contributed by atoms with Crippen LogP contribution in [0.3, 0.4) is 0 Å². The zero-order valence-electron chi connectivity index (χ0n) is 15.3. The SMILES string of the molecule is CCCCc1c(C2CC2c2ccccc2)oc2ccc(C(=O)O)cc2c1=O. The van der Waals surface area contributed by atoms with Gasteiger partial charge >= 0.3 is 5.97 Å². The van der Waals surface area contributed by atoms with Crippen molar-refractivity contribution in [2.24, 2.45) is 0 Å². The molecule has 0 spiro atoms. The molecule has 2 unspecified atom stereocenters. The molecule has 27 heavy (non-hydrogen) atoms. The predicted molar refractivity (Wildman–Crippen MR) is 105 cm³/mol. The summed E-state index contributed by atoms with van der Waals surface area (Å²) in [6.45, 7) is 2.09. The fourth-order valence-electron chi connectivity index (χ4n) is 3.83.